The van der Waals surface area contributed by atoms with Crippen LogP contribution in [0.4, 0.5) is 0 Å². The maximum Gasteiger partial charge on any atom is 0.178 e. The van der Waals surface area contributed by atoms with Gasteiger partial charge >= 0.3 is 0 Å². The highest BCUT2D eigenvalue weighted by Gasteiger charge is 2.04. The highest BCUT2D eigenvalue weighted by atomic mass is 16.5. The maximum atomic E-state index is 11.1. The molecule has 13 heavy (non-hydrogen) atoms. The van der Waals surface area contributed by atoms with Crippen LogP contribution >= 0.6 is 0 Å². The van der Waals surface area contributed by atoms with E-state index in [4.69, 9.17) is 5.26 Å². The molecule has 0 aliphatic carbocycles. The Balaban J connectivity index is 2.64. The summed E-state index contributed by atoms with van der Waals surface area (Å²) in [4.78, 5) is 11.1. The van der Waals surface area contributed by atoms with Gasteiger partial charge in [-0.15, -0.1) is 0 Å². The van der Waals surface area contributed by atoms with Crippen molar-refractivity contribution in [3.8, 4) is 6.07 Å². The van der Waals surface area contributed by atoms with Crippen LogP contribution in [0.25, 0.3) is 0 Å². The standard InChI is InChI=1S/C9H10N2O2/c1-13-7-9(12)6-11-4-2-3-8(11)5-10/h2-4H,6-7H2,1H3. The summed E-state index contributed by atoms with van der Waals surface area (Å²) in [5.74, 6) is -0.0461. The molecule has 0 bridgehead atoms. The normalized spacial score (nSPS) is 9.54. The molecule has 0 amide bonds. The minimum absolute atomic E-state index is 0.0461. The van der Waals surface area contributed by atoms with E-state index in [1.54, 1.807) is 22.9 Å². The fourth-order valence-electron chi connectivity index (χ4n) is 1.05. The van der Waals surface area contributed by atoms with E-state index in [-0.39, 0.29) is 18.9 Å². The Morgan fingerprint density at radius 1 is 1.77 bits per heavy atom. The van der Waals surface area contributed by atoms with E-state index in [1.165, 1.54) is 7.11 Å². The maximum absolute atomic E-state index is 11.1. The van der Waals surface area contributed by atoms with E-state index in [9.17, 15) is 4.79 Å². The molecular weight excluding hydrogens is 168 g/mol. The number of rotatable bonds is 4. The molecule has 0 saturated carbocycles. The van der Waals surface area contributed by atoms with E-state index < -0.39 is 0 Å². The zero-order chi connectivity index (χ0) is 9.68. The first-order chi connectivity index (χ1) is 6.27. The van der Waals surface area contributed by atoms with Crippen LogP contribution in [0.15, 0.2) is 18.3 Å². The molecule has 0 aliphatic rings. The number of Topliss-reactive ketones (excluding diaryl/α,β-unsaturated/α-hetero) is 1. The van der Waals surface area contributed by atoms with Crippen LogP contribution in [-0.4, -0.2) is 24.1 Å². The van der Waals surface area contributed by atoms with Crippen molar-refractivity contribution < 1.29 is 9.53 Å². The van der Waals surface area contributed by atoms with Crippen LogP contribution in [0.5, 0.6) is 0 Å². The molecule has 0 fully saturated rings. The van der Waals surface area contributed by atoms with Crippen molar-refractivity contribution in [1.29, 1.82) is 5.26 Å². The van der Waals surface area contributed by atoms with E-state index >= 15 is 0 Å². The van der Waals surface area contributed by atoms with E-state index in [1.807, 2.05) is 6.07 Å². The Bertz CT molecular complexity index is 336. The molecule has 0 radical (unpaired) electrons. The number of nitrogens with zero attached hydrogens (tertiary/aromatic N) is 2. The molecule has 1 aromatic rings. The van der Waals surface area contributed by atoms with E-state index in [0.717, 1.165) is 0 Å². The highest BCUT2D eigenvalue weighted by Crippen LogP contribution is 2.00. The second-order valence-electron chi connectivity index (χ2n) is 2.60. The number of ketones is 1. The summed E-state index contributed by atoms with van der Waals surface area (Å²) >= 11 is 0. The lowest BCUT2D eigenvalue weighted by Crippen LogP contribution is -2.15. The molecule has 1 rings (SSSR count). The summed E-state index contributed by atoms with van der Waals surface area (Å²) < 4.78 is 6.28. The predicted molar refractivity (Wildman–Crippen MR) is 46.0 cm³/mol. The lowest BCUT2D eigenvalue weighted by molar-refractivity contribution is -0.123. The third-order valence-electron chi connectivity index (χ3n) is 1.60. The molecule has 4 heteroatoms. The summed E-state index contributed by atoms with van der Waals surface area (Å²) in [5, 5.41) is 8.64. The van der Waals surface area contributed by atoms with Crippen molar-refractivity contribution in [2.75, 3.05) is 13.7 Å². The van der Waals surface area contributed by atoms with Crippen molar-refractivity contribution in [1.82, 2.24) is 4.57 Å². The number of carbonyl (C=O) groups excluding carboxylic acids is 1. The minimum atomic E-state index is -0.0461. The lowest BCUT2D eigenvalue weighted by Gasteiger charge is -2.02. The number of hydrogen-bond acceptors (Lipinski definition) is 3. The molecular formula is C9H10N2O2. The molecule has 0 saturated heterocycles. The number of nitriles is 1. The molecule has 0 spiro atoms. The third kappa shape index (κ3) is 2.42. The van der Waals surface area contributed by atoms with Crippen molar-refractivity contribution in [3.63, 3.8) is 0 Å². The minimum Gasteiger partial charge on any atom is -0.377 e. The van der Waals surface area contributed by atoms with Gasteiger partial charge in [0.05, 0.1) is 6.54 Å². The Morgan fingerprint density at radius 2 is 2.54 bits per heavy atom. The fourth-order valence-corrected chi connectivity index (χ4v) is 1.05. The second-order valence-corrected chi connectivity index (χ2v) is 2.60. The van der Waals surface area contributed by atoms with Crippen LogP contribution in [0.1, 0.15) is 5.69 Å². The van der Waals surface area contributed by atoms with Gasteiger partial charge in [-0.05, 0) is 12.1 Å². The SMILES string of the molecule is COCC(=O)Cn1cccc1C#N. The van der Waals surface area contributed by atoms with Gasteiger partial charge in [0.1, 0.15) is 18.4 Å². The van der Waals surface area contributed by atoms with Gasteiger partial charge in [0.15, 0.2) is 5.78 Å². The Morgan fingerprint density at radius 3 is 3.15 bits per heavy atom. The Labute approximate surface area is 76.3 Å². The van der Waals surface area contributed by atoms with Crippen molar-refractivity contribution in [2.45, 2.75) is 6.54 Å². The van der Waals surface area contributed by atoms with Gasteiger partial charge in [0.25, 0.3) is 0 Å². The summed E-state index contributed by atoms with van der Waals surface area (Å²) in [6.45, 7) is 0.285. The van der Waals surface area contributed by atoms with Gasteiger partial charge in [-0.1, -0.05) is 0 Å². The predicted octanol–water partition coefficient (Wildman–Crippen LogP) is 0.575. The number of carbonyl (C=O) groups is 1. The smallest absolute Gasteiger partial charge is 0.178 e. The zero-order valence-electron chi connectivity index (χ0n) is 7.36. The summed E-state index contributed by atoms with van der Waals surface area (Å²) in [5.41, 5.74) is 0.490. The van der Waals surface area contributed by atoms with Crippen LogP contribution < -0.4 is 0 Å². The lowest BCUT2D eigenvalue weighted by atomic mass is 10.4. The average Bonchev–Trinajstić information content (AvgIpc) is 2.52. The molecule has 0 atom stereocenters. The average molecular weight is 178 g/mol. The third-order valence-corrected chi connectivity index (χ3v) is 1.60. The number of methoxy groups -OCH3 is 1. The van der Waals surface area contributed by atoms with Gasteiger partial charge in [0, 0.05) is 13.3 Å². The van der Waals surface area contributed by atoms with Crippen LogP contribution in [-0.2, 0) is 16.1 Å². The molecule has 0 N–H and O–H groups in total. The first kappa shape index (κ1) is 9.49. The van der Waals surface area contributed by atoms with Gasteiger partial charge < -0.3 is 9.30 Å². The molecule has 0 aliphatic heterocycles. The summed E-state index contributed by atoms with van der Waals surface area (Å²) in [6.07, 6.45) is 1.70. The van der Waals surface area contributed by atoms with Gasteiger partial charge in [0.2, 0.25) is 0 Å². The molecule has 68 valence electrons. The zero-order valence-corrected chi connectivity index (χ0v) is 7.36. The molecule has 4 nitrogen and oxygen atoms in total. The second kappa shape index (κ2) is 4.43. The fraction of sp³-hybridized carbons (Fsp3) is 0.333. The van der Waals surface area contributed by atoms with Crippen LogP contribution in [0.2, 0.25) is 0 Å². The quantitative estimate of drug-likeness (QED) is 0.677. The highest BCUT2D eigenvalue weighted by molar-refractivity contribution is 5.79. The largest absolute Gasteiger partial charge is 0.377 e. The Hall–Kier alpha value is -1.60. The molecule has 0 aromatic carbocycles. The van der Waals surface area contributed by atoms with Crippen molar-refractivity contribution in [2.24, 2.45) is 0 Å². The first-order valence-electron chi connectivity index (χ1n) is 3.84. The molecule has 1 aromatic heterocycles. The number of aromatic nitrogens is 1. The van der Waals surface area contributed by atoms with Crippen molar-refractivity contribution >= 4 is 5.78 Å². The van der Waals surface area contributed by atoms with Gasteiger partial charge in [-0.3, -0.25) is 4.79 Å². The summed E-state index contributed by atoms with van der Waals surface area (Å²) in [6, 6.07) is 5.39. The van der Waals surface area contributed by atoms with Crippen molar-refractivity contribution in [3.05, 3.63) is 24.0 Å². The van der Waals surface area contributed by atoms with E-state index in [0.29, 0.717) is 5.69 Å². The molecule has 0 unspecified atom stereocenters. The van der Waals surface area contributed by atoms with Crippen LogP contribution in [0.3, 0.4) is 0 Å². The Kier molecular flexibility index (Phi) is 3.23. The van der Waals surface area contributed by atoms with E-state index in [2.05, 4.69) is 4.74 Å². The van der Waals surface area contributed by atoms with Crippen LogP contribution in [0, 0.1) is 11.3 Å². The summed E-state index contributed by atoms with van der Waals surface area (Å²) in [7, 11) is 1.47. The number of hydrogen-bond donors (Lipinski definition) is 0. The topological polar surface area (TPSA) is 55.0 Å². The monoisotopic (exact) mass is 178 g/mol. The first-order valence-corrected chi connectivity index (χ1v) is 3.84. The van der Waals surface area contributed by atoms with Gasteiger partial charge in [-0.25, -0.2) is 0 Å². The van der Waals surface area contributed by atoms with Gasteiger partial charge in [-0.2, -0.15) is 5.26 Å². The number of ether oxygens (including phenoxy) is 1. The molecule has 1 heterocycles.